The van der Waals surface area contributed by atoms with Crippen molar-refractivity contribution in [3.05, 3.63) is 27.7 Å². The minimum atomic E-state index is 0.914. The van der Waals surface area contributed by atoms with E-state index in [2.05, 4.69) is 33.4 Å². The molecule has 0 amide bonds. The zero-order valence-corrected chi connectivity index (χ0v) is 8.44. The highest BCUT2D eigenvalue weighted by molar-refractivity contribution is 9.10. The van der Waals surface area contributed by atoms with Gasteiger partial charge in [-0.25, -0.2) is 0 Å². The third kappa shape index (κ3) is 1.23. The molecule has 1 aromatic carbocycles. The van der Waals surface area contributed by atoms with Gasteiger partial charge in [0.25, 0.3) is 0 Å². The van der Waals surface area contributed by atoms with E-state index < -0.39 is 0 Å². The summed E-state index contributed by atoms with van der Waals surface area (Å²) in [6.45, 7) is 1.93. The lowest BCUT2D eigenvalue weighted by atomic mass is 10.1. The molecule has 0 unspecified atom stereocenters. The number of methoxy groups -OCH3 is 1. The van der Waals surface area contributed by atoms with E-state index in [1.165, 1.54) is 11.1 Å². The first-order valence-electron chi connectivity index (χ1n) is 3.87. The zero-order chi connectivity index (χ0) is 8.55. The molecule has 1 aromatic rings. The summed E-state index contributed by atoms with van der Waals surface area (Å²) in [4.78, 5) is 0. The van der Waals surface area contributed by atoms with Crippen molar-refractivity contribution in [1.82, 2.24) is 5.32 Å². The summed E-state index contributed by atoms with van der Waals surface area (Å²) in [6, 6.07) is 4.20. The maximum Gasteiger partial charge on any atom is 0.133 e. The van der Waals surface area contributed by atoms with E-state index in [-0.39, 0.29) is 0 Å². The molecule has 2 nitrogen and oxygen atoms in total. The van der Waals surface area contributed by atoms with Gasteiger partial charge in [-0.2, -0.15) is 0 Å². The molecule has 0 fully saturated rings. The molecular weight excluding hydrogens is 218 g/mol. The fraction of sp³-hybridized carbons (Fsp3) is 0.333. The third-order valence-electron chi connectivity index (χ3n) is 2.10. The van der Waals surface area contributed by atoms with Crippen molar-refractivity contribution < 1.29 is 4.74 Å². The molecule has 0 aliphatic carbocycles. The van der Waals surface area contributed by atoms with Crippen LogP contribution in [0.2, 0.25) is 0 Å². The van der Waals surface area contributed by atoms with Crippen LogP contribution in [0.5, 0.6) is 5.75 Å². The van der Waals surface area contributed by atoms with E-state index in [1.807, 2.05) is 0 Å². The Kier molecular flexibility index (Phi) is 2.07. The summed E-state index contributed by atoms with van der Waals surface area (Å²) in [6.07, 6.45) is 0. The molecule has 12 heavy (non-hydrogen) atoms. The van der Waals surface area contributed by atoms with Crippen molar-refractivity contribution in [1.29, 1.82) is 0 Å². The van der Waals surface area contributed by atoms with Crippen LogP contribution in [-0.4, -0.2) is 7.11 Å². The van der Waals surface area contributed by atoms with Gasteiger partial charge in [0.2, 0.25) is 0 Å². The zero-order valence-electron chi connectivity index (χ0n) is 6.86. The standard InChI is InChI=1S/C9H10BrNO/c1-12-9-3-7-5-11-4-6(7)2-8(9)10/h2-3,11H,4-5H2,1H3. The summed E-state index contributed by atoms with van der Waals surface area (Å²) >= 11 is 3.46. The van der Waals surface area contributed by atoms with E-state index in [4.69, 9.17) is 4.74 Å². The first-order valence-corrected chi connectivity index (χ1v) is 4.66. The van der Waals surface area contributed by atoms with E-state index in [0.29, 0.717) is 0 Å². The first-order chi connectivity index (χ1) is 5.81. The van der Waals surface area contributed by atoms with Crippen LogP contribution in [0.3, 0.4) is 0 Å². The Bertz CT molecular complexity index is 311. The highest BCUT2D eigenvalue weighted by atomic mass is 79.9. The van der Waals surface area contributed by atoms with Gasteiger partial charge in [-0.15, -0.1) is 0 Å². The molecule has 1 aliphatic heterocycles. The number of hydrogen-bond acceptors (Lipinski definition) is 2. The minimum Gasteiger partial charge on any atom is -0.496 e. The number of benzene rings is 1. The number of ether oxygens (including phenoxy) is 1. The van der Waals surface area contributed by atoms with Gasteiger partial charge in [-0.3, -0.25) is 0 Å². The Labute approximate surface area is 80.1 Å². The lowest BCUT2D eigenvalue weighted by Gasteiger charge is -2.05. The maximum absolute atomic E-state index is 5.20. The summed E-state index contributed by atoms with van der Waals surface area (Å²) in [7, 11) is 1.69. The Morgan fingerprint density at radius 3 is 2.67 bits per heavy atom. The largest absolute Gasteiger partial charge is 0.496 e. The fourth-order valence-corrected chi connectivity index (χ4v) is 2.01. The van der Waals surface area contributed by atoms with Crippen LogP contribution >= 0.6 is 15.9 Å². The van der Waals surface area contributed by atoms with Gasteiger partial charge < -0.3 is 10.1 Å². The SMILES string of the molecule is COc1cc2c(cc1Br)CNC2. The van der Waals surface area contributed by atoms with Crippen molar-refractivity contribution in [3.63, 3.8) is 0 Å². The van der Waals surface area contributed by atoms with E-state index in [0.717, 1.165) is 23.3 Å². The molecule has 0 saturated carbocycles. The topological polar surface area (TPSA) is 21.3 Å². The van der Waals surface area contributed by atoms with Gasteiger partial charge >= 0.3 is 0 Å². The Balaban J connectivity index is 2.49. The van der Waals surface area contributed by atoms with E-state index in [9.17, 15) is 0 Å². The lowest BCUT2D eigenvalue weighted by Crippen LogP contribution is -1.99. The molecule has 0 aromatic heterocycles. The minimum absolute atomic E-state index is 0.914. The number of fused-ring (bicyclic) bond motifs is 1. The third-order valence-corrected chi connectivity index (χ3v) is 2.72. The van der Waals surface area contributed by atoms with Crippen LogP contribution in [-0.2, 0) is 13.1 Å². The van der Waals surface area contributed by atoms with Crippen LogP contribution < -0.4 is 10.1 Å². The van der Waals surface area contributed by atoms with Crippen molar-refractivity contribution >= 4 is 15.9 Å². The van der Waals surface area contributed by atoms with Crippen molar-refractivity contribution in [2.45, 2.75) is 13.1 Å². The Morgan fingerprint density at radius 2 is 2.00 bits per heavy atom. The number of halogens is 1. The molecule has 64 valence electrons. The van der Waals surface area contributed by atoms with E-state index in [1.54, 1.807) is 7.11 Å². The van der Waals surface area contributed by atoms with Gasteiger partial charge in [-0.05, 0) is 39.2 Å². The summed E-state index contributed by atoms with van der Waals surface area (Å²) in [5.41, 5.74) is 2.71. The fourth-order valence-electron chi connectivity index (χ4n) is 1.45. The summed E-state index contributed by atoms with van der Waals surface area (Å²) in [5, 5.41) is 3.29. The average molecular weight is 228 g/mol. The predicted molar refractivity (Wildman–Crippen MR) is 51.2 cm³/mol. The molecule has 2 rings (SSSR count). The Hall–Kier alpha value is -0.540. The number of nitrogens with one attached hydrogen (secondary N) is 1. The molecule has 0 radical (unpaired) electrons. The van der Waals surface area contributed by atoms with Crippen LogP contribution in [0.4, 0.5) is 0 Å². The number of hydrogen-bond donors (Lipinski definition) is 1. The molecule has 1 heterocycles. The molecular formula is C9H10BrNO. The maximum atomic E-state index is 5.20. The monoisotopic (exact) mass is 227 g/mol. The predicted octanol–water partition coefficient (Wildman–Crippen LogP) is 2.06. The van der Waals surface area contributed by atoms with Crippen molar-refractivity contribution in [3.8, 4) is 5.75 Å². The quantitative estimate of drug-likeness (QED) is 0.794. The van der Waals surface area contributed by atoms with Gasteiger partial charge in [-0.1, -0.05) is 0 Å². The van der Waals surface area contributed by atoms with Gasteiger partial charge in [0, 0.05) is 13.1 Å². The Morgan fingerprint density at radius 1 is 1.33 bits per heavy atom. The van der Waals surface area contributed by atoms with Crippen LogP contribution in [0.15, 0.2) is 16.6 Å². The normalized spacial score (nSPS) is 14.5. The molecule has 1 aliphatic rings. The van der Waals surface area contributed by atoms with Crippen molar-refractivity contribution in [2.24, 2.45) is 0 Å². The molecule has 0 bridgehead atoms. The highest BCUT2D eigenvalue weighted by Gasteiger charge is 2.12. The van der Waals surface area contributed by atoms with Crippen LogP contribution in [0.1, 0.15) is 11.1 Å². The summed E-state index contributed by atoms with van der Waals surface area (Å²) in [5.74, 6) is 0.914. The van der Waals surface area contributed by atoms with Gasteiger partial charge in [0.1, 0.15) is 5.75 Å². The highest BCUT2D eigenvalue weighted by Crippen LogP contribution is 2.30. The second-order valence-corrected chi connectivity index (χ2v) is 3.71. The first kappa shape index (κ1) is 8.08. The number of rotatable bonds is 1. The average Bonchev–Trinajstić information content (AvgIpc) is 2.49. The molecule has 3 heteroatoms. The summed E-state index contributed by atoms with van der Waals surface area (Å²) < 4.78 is 6.23. The van der Waals surface area contributed by atoms with Crippen LogP contribution in [0.25, 0.3) is 0 Å². The van der Waals surface area contributed by atoms with E-state index >= 15 is 0 Å². The molecule has 1 N–H and O–H groups in total. The lowest BCUT2D eigenvalue weighted by molar-refractivity contribution is 0.411. The molecule has 0 atom stereocenters. The van der Waals surface area contributed by atoms with Gasteiger partial charge in [0.15, 0.2) is 0 Å². The van der Waals surface area contributed by atoms with Crippen molar-refractivity contribution in [2.75, 3.05) is 7.11 Å². The molecule has 0 saturated heterocycles. The molecule has 0 spiro atoms. The van der Waals surface area contributed by atoms with Crippen LogP contribution in [0, 0.1) is 0 Å². The second kappa shape index (κ2) is 3.07. The second-order valence-electron chi connectivity index (χ2n) is 2.86. The smallest absolute Gasteiger partial charge is 0.133 e. The van der Waals surface area contributed by atoms with Gasteiger partial charge in [0.05, 0.1) is 11.6 Å².